The maximum absolute atomic E-state index is 12.6. The van der Waals surface area contributed by atoms with Gasteiger partial charge in [0.1, 0.15) is 0 Å². The van der Waals surface area contributed by atoms with Gasteiger partial charge in [0.25, 0.3) is 0 Å². The van der Waals surface area contributed by atoms with Crippen molar-refractivity contribution in [2.45, 2.75) is 48.1 Å². The first kappa shape index (κ1) is 16.3. The molecular weight excluding hydrogens is 303 g/mol. The van der Waals surface area contributed by atoms with Gasteiger partial charge in [0, 0.05) is 18.0 Å². The first-order chi connectivity index (χ1) is 9.82. The summed E-state index contributed by atoms with van der Waals surface area (Å²) in [5.74, 6) is 0. The zero-order valence-electron chi connectivity index (χ0n) is 11.7. The molecule has 3 atom stereocenters. The standard InChI is InChI=1S/C14H18F3NO2S/c1-20-10-3-2-4-11(8-10)21(19)13-6-5-9(7-12(13)18)14(15,16)17/h5-7,10-11H,2-4,8,18H2,1H3. The highest BCUT2D eigenvalue weighted by molar-refractivity contribution is 7.85. The lowest BCUT2D eigenvalue weighted by atomic mass is 9.97. The smallest absolute Gasteiger partial charge is 0.398 e. The topological polar surface area (TPSA) is 52.3 Å². The molecule has 0 heterocycles. The van der Waals surface area contributed by atoms with Crippen molar-refractivity contribution < 1.29 is 22.1 Å². The summed E-state index contributed by atoms with van der Waals surface area (Å²) in [6, 6.07) is 3.01. The fourth-order valence-electron chi connectivity index (χ4n) is 2.60. The maximum Gasteiger partial charge on any atom is 0.416 e. The van der Waals surface area contributed by atoms with E-state index in [0.717, 1.165) is 31.4 Å². The van der Waals surface area contributed by atoms with E-state index in [4.69, 9.17) is 10.5 Å². The number of benzene rings is 1. The third kappa shape index (κ3) is 3.77. The number of ether oxygens (including phenoxy) is 1. The molecule has 1 aliphatic carbocycles. The molecular formula is C14H18F3NO2S. The molecule has 1 aromatic rings. The maximum atomic E-state index is 12.6. The second-order valence-electron chi connectivity index (χ2n) is 5.19. The summed E-state index contributed by atoms with van der Waals surface area (Å²) in [6.07, 6.45) is -1.15. The number of nitrogens with two attached hydrogens (primary N) is 1. The van der Waals surface area contributed by atoms with E-state index < -0.39 is 22.5 Å². The van der Waals surface area contributed by atoms with E-state index in [0.29, 0.717) is 6.42 Å². The van der Waals surface area contributed by atoms with Gasteiger partial charge < -0.3 is 10.5 Å². The summed E-state index contributed by atoms with van der Waals surface area (Å²) in [7, 11) is 0.202. The van der Waals surface area contributed by atoms with Crippen molar-refractivity contribution in [3.63, 3.8) is 0 Å². The predicted octanol–water partition coefficient (Wildman–Crippen LogP) is 3.35. The van der Waals surface area contributed by atoms with Crippen LogP contribution in [0.15, 0.2) is 23.1 Å². The average Bonchev–Trinajstić information content (AvgIpc) is 2.45. The molecule has 0 bridgehead atoms. The molecule has 0 aliphatic heterocycles. The molecule has 21 heavy (non-hydrogen) atoms. The largest absolute Gasteiger partial charge is 0.416 e. The molecule has 1 aromatic carbocycles. The fraction of sp³-hybridized carbons (Fsp3) is 0.571. The lowest BCUT2D eigenvalue weighted by molar-refractivity contribution is -0.137. The Kier molecular flexibility index (Phi) is 4.93. The number of hydrogen-bond donors (Lipinski definition) is 1. The van der Waals surface area contributed by atoms with Gasteiger partial charge in [-0.1, -0.05) is 0 Å². The van der Waals surface area contributed by atoms with Crippen molar-refractivity contribution >= 4 is 16.5 Å². The van der Waals surface area contributed by atoms with Crippen LogP contribution in [0.2, 0.25) is 0 Å². The Morgan fingerprint density at radius 2 is 2.05 bits per heavy atom. The van der Waals surface area contributed by atoms with Gasteiger partial charge in [-0.15, -0.1) is 0 Å². The van der Waals surface area contributed by atoms with Crippen LogP contribution in [0, 0.1) is 0 Å². The van der Waals surface area contributed by atoms with E-state index in [9.17, 15) is 17.4 Å². The normalized spacial score (nSPS) is 24.8. The molecule has 7 heteroatoms. The number of anilines is 1. The highest BCUT2D eigenvalue weighted by atomic mass is 32.2. The number of methoxy groups -OCH3 is 1. The summed E-state index contributed by atoms with van der Waals surface area (Å²) in [5, 5.41) is -0.122. The molecule has 0 spiro atoms. The monoisotopic (exact) mass is 321 g/mol. The number of nitrogen functional groups attached to an aromatic ring is 1. The molecule has 0 radical (unpaired) electrons. The van der Waals surface area contributed by atoms with Gasteiger partial charge in [-0.2, -0.15) is 13.2 Å². The van der Waals surface area contributed by atoms with Crippen LogP contribution >= 0.6 is 0 Å². The summed E-state index contributed by atoms with van der Waals surface area (Å²) in [4.78, 5) is 0.282. The molecule has 0 amide bonds. The SMILES string of the molecule is COC1CCCC(S(=O)c2ccc(C(F)(F)F)cc2N)C1. The zero-order chi connectivity index (χ0) is 15.6. The van der Waals surface area contributed by atoms with Crippen LogP contribution in [0.4, 0.5) is 18.9 Å². The van der Waals surface area contributed by atoms with Gasteiger partial charge in [-0.3, -0.25) is 4.21 Å². The van der Waals surface area contributed by atoms with Crippen molar-refractivity contribution in [2.24, 2.45) is 0 Å². The van der Waals surface area contributed by atoms with Crippen LogP contribution in [-0.4, -0.2) is 22.7 Å². The minimum Gasteiger partial charge on any atom is -0.398 e. The molecule has 1 fully saturated rings. The lowest BCUT2D eigenvalue weighted by Gasteiger charge is -2.28. The molecule has 1 aliphatic rings. The van der Waals surface area contributed by atoms with E-state index in [1.165, 1.54) is 6.07 Å². The van der Waals surface area contributed by atoms with E-state index in [2.05, 4.69) is 0 Å². The first-order valence-electron chi connectivity index (χ1n) is 6.73. The van der Waals surface area contributed by atoms with Crippen LogP contribution in [0.5, 0.6) is 0 Å². The molecule has 2 rings (SSSR count). The summed E-state index contributed by atoms with van der Waals surface area (Å²) >= 11 is 0. The second kappa shape index (κ2) is 6.36. The average molecular weight is 321 g/mol. The van der Waals surface area contributed by atoms with Crippen molar-refractivity contribution in [2.75, 3.05) is 12.8 Å². The number of alkyl halides is 3. The summed E-state index contributed by atoms with van der Waals surface area (Å²) in [6.45, 7) is 0. The van der Waals surface area contributed by atoms with Crippen molar-refractivity contribution in [1.82, 2.24) is 0 Å². The highest BCUT2D eigenvalue weighted by Gasteiger charge is 2.32. The highest BCUT2D eigenvalue weighted by Crippen LogP contribution is 2.34. The number of rotatable bonds is 3. The number of hydrogen-bond acceptors (Lipinski definition) is 3. The molecule has 1 saturated carbocycles. The minimum atomic E-state index is -4.44. The fourth-order valence-corrected chi connectivity index (χ4v) is 4.22. The molecule has 2 N–H and O–H groups in total. The predicted molar refractivity (Wildman–Crippen MR) is 75.3 cm³/mol. The zero-order valence-corrected chi connectivity index (χ0v) is 12.5. The van der Waals surface area contributed by atoms with Crippen LogP contribution in [-0.2, 0) is 21.7 Å². The molecule has 0 aromatic heterocycles. The Hall–Kier alpha value is -1.08. The van der Waals surface area contributed by atoms with Crippen LogP contribution < -0.4 is 5.73 Å². The van der Waals surface area contributed by atoms with Crippen LogP contribution in [0.1, 0.15) is 31.2 Å². The Morgan fingerprint density at radius 1 is 1.33 bits per heavy atom. The third-order valence-corrected chi connectivity index (χ3v) is 5.61. The lowest BCUT2D eigenvalue weighted by Crippen LogP contribution is -2.29. The minimum absolute atomic E-state index is 0.0587. The van der Waals surface area contributed by atoms with E-state index in [1.54, 1.807) is 7.11 Å². The Bertz CT molecular complexity index is 533. The van der Waals surface area contributed by atoms with Crippen LogP contribution in [0.25, 0.3) is 0 Å². The van der Waals surface area contributed by atoms with Crippen molar-refractivity contribution in [3.05, 3.63) is 23.8 Å². The first-order valence-corrected chi connectivity index (χ1v) is 7.94. The van der Waals surface area contributed by atoms with E-state index in [1.807, 2.05) is 0 Å². The molecule has 3 nitrogen and oxygen atoms in total. The quantitative estimate of drug-likeness (QED) is 0.869. The Balaban J connectivity index is 2.20. The second-order valence-corrected chi connectivity index (χ2v) is 6.90. The Morgan fingerprint density at radius 3 is 2.62 bits per heavy atom. The molecule has 118 valence electrons. The van der Waals surface area contributed by atoms with Gasteiger partial charge in [-0.05, 0) is 43.9 Å². The van der Waals surface area contributed by atoms with Gasteiger partial charge >= 0.3 is 6.18 Å². The number of halogens is 3. The van der Waals surface area contributed by atoms with Crippen molar-refractivity contribution in [1.29, 1.82) is 0 Å². The Labute approximate surface area is 124 Å². The van der Waals surface area contributed by atoms with Gasteiger partial charge in [0.2, 0.25) is 0 Å². The van der Waals surface area contributed by atoms with E-state index in [-0.39, 0.29) is 21.9 Å². The summed E-state index contributed by atoms with van der Waals surface area (Å²) < 4.78 is 55.6. The molecule has 3 unspecified atom stereocenters. The summed E-state index contributed by atoms with van der Waals surface area (Å²) in [5.41, 5.74) is 4.78. The van der Waals surface area contributed by atoms with Gasteiger partial charge in [-0.25, -0.2) is 0 Å². The van der Waals surface area contributed by atoms with Crippen LogP contribution in [0.3, 0.4) is 0 Å². The van der Waals surface area contributed by atoms with Crippen molar-refractivity contribution in [3.8, 4) is 0 Å². The van der Waals surface area contributed by atoms with Gasteiger partial charge in [0.15, 0.2) is 0 Å². The van der Waals surface area contributed by atoms with Gasteiger partial charge in [0.05, 0.1) is 27.4 Å². The van der Waals surface area contributed by atoms with E-state index >= 15 is 0 Å². The third-order valence-electron chi connectivity index (χ3n) is 3.77. The molecule has 0 saturated heterocycles.